The summed E-state index contributed by atoms with van der Waals surface area (Å²) in [6.07, 6.45) is 16.6. The first kappa shape index (κ1) is 36.5. The lowest BCUT2D eigenvalue weighted by atomic mass is 9.77. The number of rotatable bonds is 4. The summed E-state index contributed by atoms with van der Waals surface area (Å²) in [5.41, 5.74) is 18.5. The molecule has 5 heterocycles. The Bertz CT molecular complexity index is 4350. The van der Waals surface area contributed by atoms with Crippen LogP contribution in [0.2, 0.25) is 0 Å². The number of hydrogen-bond donors (Lipinski definition) is 0. The van der Waals surface area contributed by atoms with E-state index in [-0.39, 0.29) is 17.9 Å². The first-order chi connectivity index (χ1) is 33.7. The van der Waals surface area contributed by atoms with Crippen molar-refractivity contribution in [3.63, 3.8) is 0 Å². The predicted molar refractivity (Wildman–Crippen MR) is 276 cm³/mol. The van der Waals surface area contributed by atoms with Crippen molar-refractivity contribution in [2.24, 2.45) is 0 Å². The van der Waals surface area contributed by atoms with Gasteiger partial charge in [0.2, 0.25) is 0 Å². The quantitative estimate of drug-likeness (QED) is 0.177. The lowest BCUT2D eigenvalue weighted by Gasteiger charge is -2.25. The zero-order valence-corrected chi connectivity index (χ0v) is 36.6. The van der Waals surface area contributed by atoms with E-state index in [1.165, 1.54) is 66.0 Å². The average Bonchev–Trinajstić information content (AvgIpc) is 4.15. The molecule has 12 aromatic rings. The van der Waals surface area contributed by atoms with Gasteiger partial charge in [-0.05, 0) is 113 Å². The summed E-state index contributed by atoms with van der Waals surface area (Å²) in [4.78, 5) is 11.0. The second-order valence-electron chi connectivity index (χ2n) is 18.6. The van der Waals surface area contributed by atoms with Gasteiger partial charge >= 0.3 is 0 Å². The van der Waals surface area contributed by atoms with E-state index in [1.807, 2.05) is 24.3 Å². The van der Waals surface area contributed by atoms with Crippen molar-refractivity contribution in [1.82, 2.24) is 19.1 Å². The van der Waals surface area contributed by atoms with Crippen molar-refractivity contribution in [2.75, 3.05) is 0 Å². The van der Waals surface area contributed by atoms with Crippen molar-refractivity contribution in [1.29, 1.82) is 0 Å². The molecule has 0 spiro atoms. The van der Waals surface area contributed by atoms with Gasteiger partial charge in [0.15, 0.2) is 5.82 Å². The Morgan fingerprint density at radius 1 is 0.529 bits per heavy atom. The summed E-state index contributed by atoms with van der Waals surface area (Å²) in [6, 6.07) is 57.0. The number of aromatic nitrogens is 4. The summed E-state index contributed by atoms with van der Waals surface area (Å²) >= 11 is 0. The van der Waals surface area contributed by atoms with Gasteiger partial charge in [-0.15, -0.1) is 0 Å². The summed E-state index contributed by atoms with van der Waals surface area (Å²) in [7, 11) is 0. The van der Waals surface area contributed by atoms with Gasteiger partial charge in [0.05, 0.1) is 33.1 Å². The zero-order chi connectivity index (χ0) is 44.2. The third-order valence-electron chi connectivity index (χ3n) is 15.2. The van der Waals surface area contributed by atoms with Crippen molar-refractivity contribution < 1.29 is 9.15 Å². The molecule has 0 amide bonds. The average molecular weight is 871 g/mol. The van der Waals surface area contributed by atoms with Crippen molar-refractivity contribution in [3.05, 3.63) is 217 Å². The molecule has 0 radical (unpaired) electrons. The molecule has 0 N–H and O–H groups in total. The third kappa shape index (κ3) is 4.85. The highest BCUT2D eigenvalue weighted by Gasteiger charge is 2.35. The molecule has 0 bridgehead atoms. The molecule has 4 aliphatic rings. The maximum atomic E-state index is 6.48. The minimum absolute atomic E-state index is 0.0365. The van der Waals surface area contributed by atoms with Crippen LogP contribution in [-0.2, 0) is 0 Å². The van der Waals surface area contributed by atoms with E-state index in [2.05, 4.69) is 185 Å². The summed E-state index contributed by atoms with van der Waals surface area (Å²) in [5.74, 6) is 2.13. The van der Waals surface area contributed by atoms with Gasteiger partial charge in [-0.3, -0.25) is 4.57 Å². The van der Waals surface area contributed by atoms with Crippen molar-refractivity contribution >= 4 is 82.2 Å². The fourth-order valence-electron chi connectivity index (χ4n) is 12.3. The maximum absolute atomic E-state index is 6.48. The highest BCUT2D eigenvalue weighted by Crippen LogP contribution is 2.53. The number of nitrogens with zero attached hydrogens (tertiary/aromatic N) is 4. The van der Waals surface area contributed by atoms with Crippen LogP contribution < -0.4 is 4.74 Å². The molecule has 0 saturated heterocycles. The van der Waals surface area contributed by atoms with Crippen LogP contribution in [0.15, 0.2) is 205 Å². The normalized spacial score (nSPS) is 17.8. The molecular formula is C62H38N4O2. The first-order valence-corrected chi connectivity index (χ1v) is 23.6. The van der Waals surface area contributed by atoms with Crippen LogP contribution in [0.5, 0.6) is 5.75 Å². The molecule has 8 aromatic carbocycles. The number of ether oxygens (including phenoxy) is 1. The van der Waals surface area contributed by atoms with Crippen LogP contribution in [0, 0.1) is 0 Å². The first-order valence-electron chi connectivity index (χ1n) is 23.6. The number of para-hydroxylation sites is 3. The Morgan fingerprint density at radius 2 is 1.25 bits per heavy atom. The van der Waals surface area contributed by atoms with E-state index in [9.17, 15) is 0 Å². The third-order valence-corrected chi connectivity index (χ3v) is 15.2. The second-order valence-corrected chi connectivity index (χ2v) is 18.6. The largest absolute Gasteiger partial charge is 0.485 e. The van der Waals surface area contributed by atoms with Crippen LogP contribution in [0.4, 0.5) is 0 Å². The highest BCUT2D eigenvalue weighted by molar-refractivity contribution is 6.32. The molecule has 3 aliphatic carbocycles. The van der Waals surface area contributed by atoms with E-state index < -0.39 is 0 Å². The van der Waals surface area contributed by atoms with E-state index in [4.69, 9.17) is 19.1 Å². The van der Waals surface area contributed by atoms with Crippen LogP contribution in [0.1, 0.15) is 34.9 Å². The number of hydrogen-bond acceptors (Lipinski definition) is 4. The molecule has 6 nitrogen and oxygen atoms in total. The van der Waals surface area contributed by atoms with Crippen molar-refractivity contribution in [3.8, 4) is 39.6 Å². The molecule has 3 unspecified atom stereocenters. The molecule has 318 valence electrons. The van der Waals surface area contributed by atoms with Crippen LogP contribution in [-0.4, -0.2) is 25.2 Å². The fraction of sp³-hybridized carbons (Fsp3) is 0.0645. The second kappa shape index (κ2) is 13.4. The Hall–Kier alpha value is -8.74. The lowest BCUT2D eigenvalue weighted by Crippen LogP contribution is -2.15. The SMILES string of the molecule is C1=CCC2C(=C1)c1cccc3c1c1c4c5c2cccc5n(-c2nc5ccccc5nc2-c2ccc5c(c2)oc2ccccc25)c4ccc1n3-c1ccc(-c2cccc3c2C2C=CC=CC2O3)cc1. The molecule has 6 heteroatoms. The minimum Gasteiger partial charge on any atom is -0.485 e. The van der Waals surface area contributed by atoms with E-state index in [1.54, 1.807) is 0 Å². The lowest BCUT2D eigenvalue weighted by molar-refractivity contribution is 0.269. The molecule has 1 aliphatic heterocycles. The molecule has 3 atom stereocenters. The van der Waals surface area contributed by atoms with E-state index in [0.717, 1.165) is 78.9 Å². The Morgan fingerprint density at radius 3 is 2.16 bits per heavy atom. The van der Waals surface area contributed by atoms with Crippen molar-refractivity contribution in [2.45, 2.75) is 24.4 Å². The van der Waals surface area contributed by atoms with Gasteiger partial charge in [-0.25, -0.2) is 9.97 Å². The summed E-state index contributed by atoms with van der Waals surface area (Å²) < 4.78 is 17.8. The predicted octanol–water partition coefficient (Wildman–Crippen LogP) is 15.5. The number of furan rings is 1. The molecule has 68 heavy (non-hydrogen) atoms. The highest BCUT2D eigenvalue weighted by atomic mass is 16.5. The van der Waals surface area contributed by atoms with Gasteiger partial charge in [0, 0.05) is 61.0 Å². The van der Waals surface area contributed by atoms with Gasteiger partial charge in [-0.2, -0.15) is 0 Å². The summed E-state index contributed by atoms with van der Waals surface area (Å²) in [6.45, 7) is 0. The van der Waals surface area contributed by atoms with Crippen LogP contribution >= 0.6 is 0 Å². The summed E-state index contributed by atoms with van der Waals surface area (Å²) in [5, 5.41) is 7.22. The fourth-order valence-corrected chi connectivity index (χ4v) is 12.3. The molecule has 16 rings (SSSR count). The molecule has 0 fully saturated rings. The van der Waals surface area contributed by atoms with Gasteiger partial charge in [0.1, 0.15) is 28.7 Å². The Kier molecular flexibility index (Phi) is 7.20. The maximum Gasteiger partial charge on any atom is 0.165 e. The minimum atomic E-state index is 0.0365. The standard InChI is InChI=1S/C62H38N4O2/c1-2-13-40-39(12-1)43-17-9-21-48-57(43)59-50(65(48)37-29-26-35(27-30-37)38-16-11-25-54-56(38)45-15-4-8-24-53(45)67-54)32-33-51-60(59)58-44(40)18-10-22-49(58)66(51)62-61(63-46-19-5-6-20-47(46)64-62)36-28-31-42-41-14-3-7-23-52(41)68-55(42)34-36/h1-12,14-34,40,45,53H,13H2. The van der Waals surface area contributed by atoms with Gasteiger partial charge in [0.25, 0.3) is 0 Å². The smallest absolute Gasteiger partial charge is 0.165 e. The van der Waals surface area contributed by atoms with E-state index in [0.29, 0.717) is 0 Å². The zero-order valence-electron chi connectivity index (χ0n) is 36.6. The van der Waals surface area contributed by atoms with Crippen LogP contribution in [0.25, 0.3) is 116 Å². The topological polar surface area (TPSA) is 58.0 Å². The van der Waals surface area contributed by atoms with Crippen LogP contribution in [0.3, 0.4) is 0 Å². The van der Waals surface area contributed by atoms with Gasteiger partial charge in [-0.1, -0.05) is 121 Å². The monoisotopic (exact) mass is 870 g/mol. The Balaban J connectivity index is 0.973. The molecular weight excluding hydrogens is 833 g/mol. The molecule has 4 aromatic heterocycles. The number of fused-ring (bicyclic) bond motifs is 10. The molecule has 0 saturated carbocycles. The van der Waals surface area contributed by atoms with Gasteiger partial charge < -0.3 is 13.7 Å². The van der Waals surface area contributed by atoms with E-state index >= 15 is 0 Å². The Labute approximate surface area is 389 Å². The number of benzene rings is 8. The number of allylic oxidation sites excluding steroid dienone is 6.